The molecule has 0 aliphatic heterocycles. The third-order valence-electron chi connectivity index (χ3n) is 3.05. The molecule has 5 heteroatoms. The average molecular weight is 307 g/mol. The summed E-state index contributed by atoms with van der Waals surface area (Å²) in [6.45, 7) is 7.53. The molecule has 0 spiro atoms. The van der Waals surface area contributed by atoms with Gasteiger partial charge in [-0.05, 0) is 49.1 Å². The number of nitrogens with one attached hydrogen (secondary N) is 1. The Balaban J connectivity index is 1.97. The van der Waals surface area contributed by atoms with Crippen LogP contribution in [0.1, 0.15) is 44.6 Å². The minimum Gasteiger partial charge on any atom is -0.310 e. The normalized spacial score (nSPS) is 12.6. The van der Waals surface area contributed by atoms with Crippen molar-refractivity contribution < 1.29 is 0 Å². The van der Waals surface area contributed by atoms with Crippen LogP contribution in [0.3, 0.4) is 0 Å². The number of aryl methyl sites for hydroxylation is 1. The van der Waals surface area contributed by atoms with Gasteiger partial charge in [-0.3, -0.25) is 0 Å². The second-order valence-electron chi connectivity index (χ2n) is 4.68. The molecule has 0 aliphatic carbocycles. The summed E-state index contributed by atoms with van der Waals surface area (Å²) in [5.74, 6) is 0.937. The van der Waals surface area contributed by atoms with Crippen molar-refractivity contribution in [3.05, 3.63) is 35.7 Å². The maximum Gasteiger partial charge on any atom is 0.174 e. The van der Waals surface area contributed by atoms with Crippen LogP contribution in [-0.2, 0) is 6.42 Å². The van der Waals surface area contributed by atoms with Gasteiger partial charge in [-0.2, -0.15) is 4.37 Å². The lowest BCUT2D eigenvalue weighted by Gasteiger charge is -2.13. The van der Waals surface area contributed by atoms with E-state index in [1.807, 2.05) is 0 Å². The van der Waals surface area contributed by atoms with E-state index < -0.39 is 0 Å². The summed E-state index contributed by atoms with van der Waals surface area (Å²) >= 11 is 3.17. The molecule has 2 aromatic rings. The SMILES string of the molecule is CCCNC(C)c1ccc(Sc2nc(CC)ns2)cc1. The first-order chi connectivity index (χ1) is 9.72. The van der Waals surface area contributed by atoms with Crippen LogP contribution in [0.2, 0.25) is 0 Å². The molecule has 1 atom stereocenters. The molecule has 0 bridgehead atoms. The Morgan fingerprint density at radius 3 is 2.60 bits per heavy atom. The van der Waals surface area contributed by atoms with Gasteiger partial charge in [0.25, 0.3) is 0 Å². The van der Waals surface area contributed by atoms with E-state index in [0.29, 0.717) is 6.04 Å². The molecular weight excluding hydrogens is 286 g/mol. The Hall–Kier alpha value is -0.910. The topological polar surface area (TPSA) is 37.8 Å². The van der Waals surface area contributed by atoms with Gasteiger partial charge < -0.3 is 5.32 Å². The summed E-state index contributed by atoms with van der Waals surface area (Å²) in [5, 5.41) is 3.50. The fraction of sp³-hybridized carbons (Fsp3) is 0.467. The lowest BCUT2D eigenvalue weighted by Crippen LogP contribution is -2.19. The second kappa shape index (κ2) is 7.76. The van der Waals surface area contributed by atoms with Gasteiger partial charge in [0, 0.05) is 17.4 Å². The summed E-state index contributed by atoms with van der Waals surface area (Å²) in [6.07, 6.45) is 2.06. The van der Waals surface area contributed by atoms with Crippen LogP contribution in [0.4, 0.5) is 0 Å². The van der Waals surface area contributed by atoms with Crippen LogP contribution < -0.4 is 5.32 Å². The lowest BCUT2D eigenvalue weighted by atomic mass is 10.1. The number of nitrogens with zero attached hydrogens (tertiary/aromatic N) is 2. The summed E-state index contributed by atoms with van der Waals surface area (Å²) in [5.41, 5.74) is 1.33. The van der Waals surface area contributed by atoms with Crippen molar-refractivity contribution in [1.29, 1.82) is 0 Å². The van der Waals surface area contributed by atoms with Crippen LogP contribution in [0.25, 0.3) is 0 Å². The molecule has 2 rings (SSSR count). The molecule has 0 aliphatic rings. The molecule has 0 saturated carbocycles. The highest BCUT2D eigenvalue weighted by molar-refractivity contribution is 8.01. The van der Waals surface area contributed by atoms with Gasteiger partial charge in [-0.1, -0.05) is 37.7 Å². The first-order valence-electron chi connectivity index (χ1n) is 7.06. The predicted octanol–water partition coefficient (Wildman–Crippen LogP) is 4.31. The molecule has 0 radical (unpaired) electrons. The van der Waals surface area contributed by atoms with Crippen LogP contribution in [0, 0.1) is 0 Å². The van der Waals surface area contributed by atoms with Gasteiger partial charge in [0.2, 0.25) is 0 Å². The summed E-state index contributed by atoms with van der Waals surface area (Å²) in [4.78, 5) is 5.70. The van der Waals surface area contributed by atoms with E-state index in [0.717, 1.165) is 29.6 Å². The van der Waals surface area contributed by atoms with Gasteiger partial charge in [0.1, 0.15) is 5.82 Å². The maximum atomic E-state index is 4.48. The van der Waals surface area contributed by atoms with E-state index in [-0.39, 0.29) is 0 Å². The van der Waals surface area contributed by atoms with Crippen molar-refractivity contribution in [3.8, 4) is 0 Å². The van der Waals surface area contributed by atoms with Gasteiger partial charge in [-0.15, -0.1) is 0 Å². The average Bonchev–Trinajstić information content (AvgIpc) is 2.93. The smallest absolute Gasteiger partial charge is 0.174 e. The van der Waals surface area contributed by atoms with Crippen LogP contribution in [0.5, 0.6) is 0 Å². The summed E-state index contributed by atoms with van der Waals surface area (Å²) < 4.78 is 5.33. The molecule has 108 valence electrons. The minimum absolute atomic E-state index is 0.405. The Morgan fingerprint density at radius 2 is 2.00 bits per heavy atom. The van der Waals surface area contributed by atoms with E-state index in [2.05, 4.69) is 59.7 Å². The molecule has 3 nitrogen and oxygen atoms in total. The van der Waals surface area contributed by atoms with Crippen LogP contribution >= 0.6 is 23.3 Å². The quantitative estimate of drug-likeness (QED) is 0.827. The maximum absolute atomic E-state index is 4.48. The highest BCUT2D eigenvalue weighted by Gasteiger charge is 2.07. The molecule has 0 fully saturated rings. The third-order valence-corrected chi connectivity index (χ3v) is 4.85. The first kappa shape index (κ1) is 15.5. The molecule has 1 heterocycles. The largest absolute Gasteiger partial charge is 0.310 e. The van der Waals surface area contributed by atoms with E-state index >= 15 is 0 Å². The highest BCUT2D eigenvalue weighted by atomic mass is 32.2. The standard InChI is InChI=1S/C15H21N3S2/c1-4-10-16-11(3)12-6-8-13(9-7-12)19-15-17-14(5-2)18-20-15/h6-9,11,16H,4-5,10H2,1-3H3. The fourth-order valence-electron chi connectivity index (χ4n) is 1.83. The van der Waals surface area contributed by atoms with Crippen LogP contribution in [-0.4, -0.2) is 15.9 Å². The Bertz CT molecular complexity index is 522. The molecule has 1 N–H and O–H groups in total. The number of rotatable bonds is 7. The molecule has 0 amide bonds. The van der Waals surface area contributed by atoms with E-state index in [1.165, 1.54) is 22.0 Å². The van der Waals surface area contributed by atoms with E-state index in [4.69, 9.17) is 0 Å². The summed E-state index contributed by atoms with van der Waals surface area (Å²) in [7, 11) is 0. The van der Waals surface area contributed by atoms with Gasteiger partial charge >= 0.3 is 0 Å². The summed E-state index contributed by atoms with van der Waals surface area (Å²) in [6, 6.07) is 9.12. The van der Waals surface area contributed by atoms with Gasteiger partial charge in [-0.25, -0.2) is 4.98 Å². The Morgan fingerprint density at radius 1 is 1.25 bits per heavy atom. The Kier molecular flexibility index (Phi) is 6.01. The van der Waals surface area contributed by atoms with E-state index in [9.17, 15) is 0 Å². The number of hydrogen-bond acceptors (Lipinski definition) is 5. The zero-order valence-electron chi connectivity index (χ0n) is 12.2. The molecule has 0 saturated heterocycles. The van der Waals surface area contributed by atoms with Gasteiger partial charge in [0.15, 0.2) is 4.34 Å². The predicted molar refractivity (Wildman–Crippen MR) is 86.6 cm³/mol. The third kappa shape index (κ3) is 4.30. The molecular formula is C15H21N3S2. The second-order valence-corrected chi connectivity index (χ2v) is 6.75. The highest BCUT2D eigenvalue weighted by Crippen LogP contribution is 2.29. The molecule has 1 aromatic heterocycles. The minimum atomic E-state index is 0.405. The first-order valence-corrected chi connectivity index (χ1v) is 8.65. The monoisotopic (exact) mass is 307 g/mol. The van der Waals surface area contributed by atoms with Crippen molar-refractivity contribution >= 4 is 23.3 Å². The van der Waals surface area contributed by atoms with Crippen molar-refractivity contribution in [2.45, 2.75) is 48.9 Å². The Labute approximate surface area is 129 Å². The van der Waals surface area contributed by atoms with Crippen molar-refractivity contribution in [2.75, 3.05) is 6.54 Å². The zero-order valence-corrected chi connectivity index (χ0v) is 13.9. The number of hydrogen-bond donors (Lipinski definition) is 1. The lowest BCUT2D eigenvalue weighted by molar-refractivity contribution is 0.570. The van der Waals surface area contributed by atoms with E-state index in [1.54, 1.807) is 11.8 Å². The van der Waals surface area contributed by atoms with Crippen LogP contribution in [0.15, 0.2) is 33.5 Å². The van der Waals surface area contributed by atoms with Crippen molar-refractivity contribution in [2.24, 2.45) is 0 Å². The van der Waals surface area contributed by atoms with Crippen molar-refractivity contribution in [1.82, 2.24) is 14.7 Å². The molecule has 1 unspecified atom stereocenters. The number of benzene rings is 1. The molecule has 1 aromatic carbocycles. The molecule has 20 heavy (non-hydrogen) atoms. The fourth-order valence-corrected chi connectivity index (χ4v) is 3.50. The zero-order chi connectivity index (χ0) is 14.4. The number of aromatic nitrogens is 2. The van der Waals surface area contributed by atoms with Gasteiger partial charge in [0.05, 0.1) is 0 Å². The van der Waals surface area contributed by atoms with Crippen molar-refractivity contribution in [3.63, 3.8) is 0 Å².